The molecule has 1 aliphatic carbocycles. The van der Waals surface area contributed by atoms with Crippen LogP contribution >= 0.6 is 0 Å². The number of halogens is 1. The molecule has 0 radical (unpaired) electrons. The van der Waals surface area contributed by atoms with E-state index in [-0.39, 0.29) is 5.56 Å². The molecule has 0 aromatic heterocycles. The average molecular weight is 430 g/mol. The number of carbonyl (C=O) groups excluding carboxylic acids is 1. The van der Waals surface area contributed by atoms with Gasteiger partial charge in [0.25, 0.3) is 5.91 Å². The maximum absolute atomic E-state index is 13.5. The van der Waals surface area contributed by atoms with E-state index in [1.807, 2.05) is 31.2 Å². The van der Waals surface area contributed by atoms with E-state index in [4.69, 9.17) is 4.74 Å². The Morgan fingerprint density at radius 2 is 1.87 bits per heavy atom. The van der Waals surface area contributed by atoms with Gasteiger partial charge < -0.3 is 15.2 Å². The second-order valence-corrected chi connectivity index (χ2v) is 9.35. The Morgan fingerprint density at radius 1 is 1.19 bits per heavy atom. The summed E-state index contributed by atoms with van der Waals surface area (Å²) in [5.41, 5.74) is 0.0716. The van der Waals surface area contributed by atoms with E-state index in [9.17, 15) is 19.1 Å². The molecule has 0 heterocycles. The van der Waals surface area contributed by atoms with Gasteiger partial charge in [-0.3, -0.25) is 9.18 Å². The average Bonchev–Trinajstić information content (AvgIpc) is 2.75. The number of benzene rings is 2. The molecule has 0 bridgehead atoms. The van der Waals surface area contributed by atoms with E-state index in [2.05, 4.69) is 5.32 Å². The van der Waals surface area contributed by atoms with Gasteiger partial charge >= 0.3 is 5.97 Å². The number of hydrogen-bond donors (Lipinski definition) is 2. The third-order valence-corrected chi connectivity index (χ3v) is 6.21. The molecule has 1 atom stereocenters. The molecule has 1 saturated carbocycles. The van der Waals surface area contributed by atoms with E-state index in [0.29, 0.717) is 18.3 Å². The van der Waals surface area contributed by atoms with Crippen LogP contribution in [0.4, 0.5) is 4.39 Å². The highest BCUT2D eigenvalue weighted by Crippen LogP contribution is 2.33. The molecule has 2 aromatic carbocycles. The lowest BCUT2D eigenvalue weighted by molar-refractivity contribution is -0.142. The summed E-state index contributed by atoms with van der Waals surface area (Å²) in [5, 5.41) is 13.9. The Balaban J connectivity index is 1.95. The van der Waals surface area contributed by atoms with Gasteiger partial charge in [-0.25, -0.2) is 4.79 Å². The molecule has 3 rings (SSSR count). The van der Waals surface area contributed by atoms with Crippen LogP contribution in [0.1, 0.15) is 61.9 Å². The summed E-state index contributed by atoms with van der Waals surface area (Å²) < 4.78 is 19.7. The fraction of sp³-hybridized carbons (Fsp3) is 0.520. The molecule has 0 spiro atoms. The number of fused-ring (bicyclic) bond motifs is 1. The summed E-state index contributed by atoms with van der Waals surface area (Å²) in [6.07, 6.45) is 5.84. The molecular weight excluding hydrogens is 397 g/mol. The smallest absolute Gasteiger partial charge is 0.326 e. The van der Waals surface area contributed by atoms with Crippen LogP contribution in [0.5, 0.6) is 5.75 Å². The maximum atomic E-state index is 13.5. The third-order valence-electron chi connectivity index (χ3n) is 6.21. The first-order valence-corrected chi connectivity index (χ1v) is 11.0. The van der Waals surface area contributed by atoms with Crippen molar-refractivity contribution in [3.8, 4) is 5.75 Å². The maximum Gasteiger partial charge on any atom is 0.326 e. The summed E-state index contributed by atoms with van der Waals surface area (Å²) in [7, 11) is 0. The van der Waals surface area contributed by atoms with Crippen molar-refractivity contribution in [2.45, 2.75) is 58.9 Å². The molecule has 0 aliphatic heterocycles. The zero-order valence-electron chi connectivity index (χ0n) is 18.5. The lowest BCUT2D eigenvalue weighted by Crippen LogP contribution is -2.51. The Hall–Kier alpha value is -2.63. The summed E-state index contributed by atoms with van der Waals surface area (Å²) in [4.78, 5) is 24.9. The Labute approximate surface area is 183 Å². The van der Waals surface area contributed by atoms with Crippen molar-refractivity contribution < 1.29 is 23.8 Å². The fourth-order valence-electron chi connectivity index (χ4n) is 4.17. The Kier molecular flexibility index (Phi) is 7.19. The van der Waals surface area contributed by atoms with Crippen LogP contribution in [-0.4, -0.2) is 36.3 Å². The molecular formula is C25H32FNO4. The van der Waals surface area contributed by atoms with Crippen molar-refractivity contribution in [3.05, 3.63) is 41.5 Å². The van der Waals surface area contributed by atoms with Gasteiger partial charge in [0.15, 0.2) is 0 Å². The highest BCUT2D eigenvalue weighted by atomic mass is 19.1. The van der Waals surface area contributed by atoms with Gasteiger partial charge in [0, 0.05) is 10.8 Å². The molecule has 2 N–H and O–H groups in total. The first-order chi connectivity index (χ1) is 14.7. The van der Waals surface area contributed by atoms with E-state index in [0.717, 1.165) is 29.2 Å². The standard InChI is InChI=1S/C25H32FNO4/c1-16-9-10-18-11-12-19(23(28)27-22(24(29)30)25(2,3)15-26)21(20(18)13-16)31-14-17-7-5-4-6-8-17/h9-13,17,22H,4-8,14-15H2,1-3H3,(H,27,28)(H,29,30). The van der Waals surface area contributed by atoms with E-state index < -0.39 is 30.0 Å². The van der Waals surface area contributed by atoms with Gasteiger partial charge in [0.2, 0.25) is 0 Å². The number of alkyl halides is 1. The fourth-order valence-corrected chi connectivity index (χ4v) is 4.17. The normalized spacial score (nSPS) is 16.1. The van der Waals surface area contributed by atoms with Crippen molar-refractivity contribution in [3.63, 3.8) is 0 Å². The predicted octanol–water partition coefficient (Wildman–Crippen LogP) is 5.29. The minimum Gasteiger partial charge on any atom is -0.492 e. The predicted molar refractivity (Wildman–Crippen MR) is 119 cm³/mol. The summed E-state index contributed by atoms with van der Waals surface area (Å²) in [6.45, 7) is 4.59. The third kappa shape index (κ3) is 5.35. The summed E-state index contributed by atoms with van der Waals surface area (Å²) >= 11 is 0. The van der Waals surface area contributed by atoms with E-state index >= 15 is 0 Å². The SMILES string of the molecule is Cc1ccc2ccc(C(=O)NC(C(=O)O)C(C)(C)CF)c(OCC3CCCCC3)c2c1. The number of aryl methyl sites for hydroxylation is 1. The second-order valence-electron chi connectivity index (χ2n) is 9.35. The summed E-state index contributed by atoms with van der Waals surface area (Å²) in [5.74, 6) is -0.929. The number of carbonyl (C=O) groups is 2. The number of amides is 1. The van der Waals surface area contributed by atoms with Crippen molar-refractivity contribution >= 4 is 22.6 Å². The Bertz CT molecular complexity index is 950. The highest BCUT2D eigenvalue weighted by Gasteiger charge is 2.37. The molecule has 5 nitrogen and oxygen atoms in total. The second kappa shape index (κ2) is 9.67. The lowest BCUT2D eigenvalue weighted by Gasteiger charge is -2.29. The largest absolute Gasteiger partial charge is 0.492 e. The number of carboxylic acid groups (broad SMARTS) is 1. The lowest BCUT2D eigenvalue weighted by atomic mass is 9.85. The molecule has 1 aliphatic rings. The number of ether oxygens (including phenoxy) is 1. The van der Waals surface area contributed by atoms with Crippen LogP contribution in [0.25, 0.3) is 10.8 Å². The van der Waals surface area contributed by atoms with Crippen LogP contribution in [0.3, 0.4) is 0 Å². The van der Waals surface area contributed by atoms with Crippen LogP contribution in [-0.2, 0) is 4.79 Å². The van der Waals surface area contributed by atoms with Gasteiger partial charge in [-0.05, 0) is 43.2 Å². The van der Waals surface area contributed by atoms with Crippen LogP contribution in [0, 0.1) is 18.3 Å². The van der Waals surface area contributed by atoms with E-state index in [1.165, 1.54) is 33.1 Å². The van der Waals surface area contributed by atoms with Crippen molar-refractivity contribution in [1.29, 1.82) is 0 Å². The molecule has 1 amide bonds. The van der Waals surface area contributed by atoms with Gasteiger partial charge in [-0.1, -0.05) is 56.9 Å². The monoisotopic (exact) mass is 429 g/mol. The van der Waals surface area contributed by atoms with Crippen LogP contribution in [0.15, 0.2) is 30.3 Å². The molecule has 168 valence electrons. The number of aliphatic carboxylic acids is 1. The zero-order valence-corrected chi connectivity index (χ0v) is 18.5. The van der Waals surface area contributed by atoms with Crippen molar-refractivity contribution in [2.75, 3.05) is 13.3 Å². The first kappa shape index (κ1) is 23.0. The molecule has 1 unspecified atom stereocenters. The van der Waals surface area contributed by atoms with Gasteiger partial charge in [-0.2, -0.15) is 0 Å². The topological polar surface area (TPSA) is 75.6 Å². The van der Waals surface area contributed by atoms with Gasteiger partial charge in [0.05, 0.1) is 18.8 Å². The van der Waals surface area contributed by atoms with Crippen LogP contribution in [0.2, 0.25) is 0 Å². The molecule has 1 fully saturated rings. The van der Waals surface area contributed by atoms with Crippen LogP contribution < -0.4 is 10.1 Å². The minimum atomic E-state index is -1.36. The number of hydrogen-bond acceptors (Lipinski definition) is 3. The molecule has 2 aromatic rings. The highest BCUT2D eigenvalue weighted by molar-refractivity contribution is 6.05. The summed E-state index contributed by atoms with van der Waals surface area (Å²) in [6, 6.07) is 8.08. The molecule has 6 heteroatoms. The first-order valence-electron chi connectivity index (χ1n) is 11.0. The van der Waals surface area contributed by atoms with Gasteiger partial charge in [0.1, 0.15) is 11.8 Å². The van der Waals surface area contributed by atoms with E-state index in [1.54, 1.807) is 6.07 Å². The minimum absolute atomic E-state index is 0.273. The zero-order chi connectivity index (χ0) is 22.6. The van der Waals surface area contributed by atoms with Crippen molar-refractivity contribution in [2.24, 2.45) is 11.3 Å². The quantitative estimate of drug-likeness (QED) is 0.598. The Morgan fingerprint density at radius 3 is 2.52 bits per heavy atom. The number of carboxylic acids is 1. The number of nitrogens with one attached hydrogen (secondary N) is 1. The number of rotatable bonds is 8. The van der Waals surface area contributed by atoms with Crippen molar-refractivity contribution in [1.82, 2.24) is 5.32 Å². The molecule has 0 saturated heterocycles. The van der Waals surface area contributed by atoms with Gasteiger partial charge in [-0.15, -0.1) is 0 Å². The molecule has 31 heavy (non-hydrogen) atoms.